The fourth-order valence-corrected chi connectivity index (χ4v) is 7.39. The second kappa shape index (κ2) is 20.6. The second-order valence-corrected chi connectivity index (χ2v) is 19.2. The Hall–Kier alpha value is -7.15. The summed E-state index contributed by atoms with van der Waals surface area (Å²) in [5, 5.41) is 0.736. The lowest BCUT2D eigenvalue weighted by Gasteiger charge is -2.12. The summed E-state index contributed by atoms with van der Waals surface area (Å²) in [7, 11) is -2.41. The lowest BCUT2D eigenvalue weighted by molar-refractivity contribution is 0.0519. The summed E-state index contributed by atoms with van der Waals surface area (Å²) in [4.78, 5) is 25.6. The number of benzene rings is 6. The number of nitrogens with two attached hydrogens (primary N) is 1. The van der Waals surface area contributed by atoms with Gasteiger partial charge in [-0.05, 0) is 86.6 Å². The number of ether oxygens (including phenoxy) is 2. The molecule has 8 aromatic rings. The molecule has 2 heterocycles. The van der Waals surface area contributed by atoms with E-state index in [-0.39, 0.29) is 58.3 Å². The monoisotopic (exact) mass is 978 g/mol. The Kier molecular flexibility index (Phi) is 15.1. The molecule has 6 aromatic carbocycles. The van der Waals surface area contributed by atoms with Crippen LogP contribution in [-0.2, 0) is 28.5 Å². The lowest BCUT2D eigenvalue weighted by Crippen LogP contribution is -2.11. The van der Waals surface area contributed by atoms with Crippen LogP contribution < -0.4 is 10.5 Å². The minimum Gasteiger partial charge on any atom is -0.462 e. The minimum atomic E-state index is -3.72. The van der Waals surface area contributed by atoms with Crippen LogP contribution in [0.25, 0.3) is 66.8 Å². The van der Waals surface area contributed by atoms with Crippen molar-refractivity contribution in [1.29, 1.82) is 0 Å². The Labute approximate surface area is 386 Å². The molecule has 0 saturated heterocycles. The van der Waals surface area contributed by atoms with Crippen molar-refractivity contribution in [3.05, 3.63) is 156 Å². The maximum Gasteiger partial charge on any atom is 0.342 e. The van der Waals surface area contributed by atoms with Gasteiger partial charge in [0.05, 0.1) is 31.4 Å². The van der Waals surface area contributed by atoms with Gasteiger partial charge in [0.2, 0.25) is 19.1 Å². The van der Waals surface area contributed by atoms with Gasteiger partial charge in [0.15, 0.2) is 0 Å². The van der Waals surface area contributed by atoms with Crippen LogP contribution in [0.2, 0.25) is 0 Å². The van der Waals surface area contributed by atoms with E-state index in [2.05, 4.69) is 15.4 Å². The van der Waals surface area contributed by atoms with Crippen molar-refractivity contribution in [3.8, 4) is 44.9 Å². The number of carbonyl (C=O) groups excluding carboxylic acids is 2. The largest absolute Gasteiger partial charge is 0.462 e. The van der Waals surface area contributed by atoms with Crippen LogP contribution in [0.5, 0.6) is 0 Å². The molecule has 0 saturated carbocycles. The average Bonchev–Trinajstić information content (AvgIpc) is 3.81. The highest BCUT2D eigenvalue weighted by Gasteiger charge is 2.27. The van der Waals surface area contributed by atoms with E-state index in [1.807, 2.05) is 0 Å². The number of esters is 2. The summed E-state index contributed by atoms with van der Waals surface area (Å²) in [5.74, 6) is -2.79. The molecule has 19 heteroatoms. The van der Waals surface area contributed by atoms with E-state index in [0.29, 0.717) is 44.3 Å². The molecule has 0 spiro atoms. The highest BCUT2D eigenvalue weighted by atomic mass is 35.7. The third-order valence-corrected chi connectivity index (χ3v) is 10.1. The number of halogens is 5. The van der Waals surface area contributed by atoms with Crippen LogP contribution >= 0.6 is 10.7 Å². The molecule has 0 bridgehead atoms. The first-order valence-corrected chi connectivity index (χ1v) is 24.5. The molecule has 0 amide bonds. The Morgan fingerprint density at radius 1 is 0.597 bits per heavy atom. The maximum absolute atomic E-state index is 14.6. The second-order valence-electron chi connectivity index (χ2n) is 14.4. The standard InChI is InChI=1S/C24H19F2NO5S.C23H17F2NO3.CH3ClO2S/c1-3-31-24(28)22-18-12-17(16-6-4-5-7-19(16)26)20(27-33(2,29)30)13-21(18)32-23(22)14-8-10-15(25)11-9-14;1-2-28-23(27)21-17-11-16(15-5-3-4-6-18(15)25)19(26)12-20(17)29-22(21)13-7-9-14(24)10-8-13;1-5(2,3)4/h4-13,27H,3H2,1-2H3;3-12H,2,26H2,1H3;1H3. The van der Waals surface area contributed by atoms with E-state index in [1.54, 1.807) is 50.2 Å². The minimum absolute atomic E-state index is 0.0713. The van der Waals surface area contributed by atoms with Gasteiger partial charge in [-0.25, -0.2) is 44.0 Å². The maximum atomic E-state index is 14.6. The van der Waals surface area contributed by atoms with Crippen molar-refractivity contribution in [2.75, 3.05) is 36.2 Å². The van der Waals surface area contributed by atoms with Gasteiger partial charge >= 0.3 is 11.9 Å². The quantitative estimate of drug-likeness (QED) is 0.0575. The van der Waals surface area contributed by atoms with E-state index >= 15 is 0 Å². The van der Waals surface area contributed by atoms with Crippen molar-refractivity contribution < 1.29 is 62.3 Å². The SMILES string of the molecule is CCOC(=O)c1c(-c2ccc(F)cc2)oc2cc(N)c(-c3ccccc3F)cc12.CCOC(=O)c1c(-c2ccc(F)cc2)oc2cc(NS(C)(=O)=O)c(-c3ccccc3F)cc12.CS(=O)(=O)Cl. The Morgan fingerprint density at radius 3 is 1.39 bits per heavy atom. The van der Waals surface area contributed by atoms with E-state index in [0.717, 1.165) is 12.5 Å². The summed E-state index contributed by atoms with van der Waals surface area (Å²) in [5.41, 5.74) is 9.32. The summed E-state index contributed by atoms with van der Waals surface area (Å²) in [6.45, 7) is 3.61. The number of nitrogen functional groups attached to an aromatic ring is 1. The summed E-state index contributed by atoms with van der Waals surface area (Å²) in [6, 6.07) is 29.0. The molecule has 0 aliphatic rings. The number of fused-ring (bicyclic) bond motifs is 2. The zero-order valence-corrected chi connectivity index (χ0v) is 38.2. The molecule has 0 radical (unpaired) electrons. The highest BCUT2D eigenvalue weighted by molar-refractivity contribution is 8.13. The van der Waals surface area contributed by atoms with Crippen LogP contribution in [0.1, 0.15) is 34.6 Å². The predicted octanol–water partition coefficient (Wildman–Crippen LogP) is 11.6. The fourth-order valence-electron chi connectivity index (χ4n) is 6.82. The number of anilines is 2. The smallest absolute Gasteiger partial charge is 0.342 e. The topological polar surface area (TPSA) is 185 Å². The van der Waals surface area contributed by atoms with Crippen LogP contribution in [0.15, 0.2) is 130 Å². The molecule has 3 N–H and O–H groups in total. The molecule has 0 atom stereocenters. The van der Waals surface area contributed by atoms with Gasteiger partial charge in [-0.3, -0.25) is 4.72 Å². The summed E-state index contributed by atoms with van der Waals surface area (Å²) >= 11 is 0. The molecule has 0 fully saturated rings. The lowest BCUT2D eigenvalue weighted by atomic mass is 9.98. The molecule has 0 unspecified atom stereocenters. The van der Waals surface area contributed by atoms with Crippen LogP contribution in [0.3, 0.4) is 0 Å². The summed E-state index contributed by atoms with van der Waals surface area (Å²) < 4.78 is 123. The average molecular weight is 979 g/mol. The first-order chi connectivity index (χ1) is 31.7. The van der Waals surface area contributed by atoms with E-state index in [4.69, 9.17) is 24.0 Å². The predicted molar refractivity (Wildman–Crippen MR) is 249 cm³/mol. The van der Waals surface area contributed by atoms with Crippen LogP contribution in [0, 0.1) is 23.3 Å². The fraction of sp³-hybridized carbons (Fsp3) is 0.125. The van der Waals surface area contributed by atoms with Gasteiger partial charge < -0.3 is 24.0 Å². The number of furan rings is 2. The highest BCUT2D eigenvalue weighted by Crippen LogP contribution is 2.42. The van der Waals surface area contributed by atoms with Crippen molar-refractivity contribution in [1.82, 2.24) is 0 Å². The van der Waals surface area contributed by atoms with Gasteiger partial charge in [0, 0.05) is 72.7 Å². The molecule has 2 aromatic heterocycles. The molecule has 67 heavy (non-hydrogen) atoms. The molecule has 348 valence electrons. The van der Waals surface area contributed by atoms with Crippen LogP contribution in [0.4, 0.5) is 28.9 Å². The van der Waals surface area contributed by atoms with Gasteiger partial charge in [0.25, 0.3) is 0 Å². The zero-order valence-electron chi connectivity index (χ0n) is 35.8. The number of carbonyl (C=O) groups is 2. The van der Waals surface area contributed by atoms with Gasteiger partial charge in [-0.2, -0.15) is 0 Å². The molecule has 12 nitrogen and oxygen atoms in total. The molecule has 0 aliphatic heterocycles. The number of hydrogen-bond acceptors (Lipinski definition) is 11. The normalized spacial score (nSPS) is 11.3. The Bertz CT molecular complexity index is 3350. The van der Waals surface area contributed by atoms with E-state index < -0.39 is 54.3 Å². The van der Waals surface area contributed by atoms with Crippen molar-refractivity contribution >= 4 is 75.0 Å². The number of sulfonamides is 1. The van der Waals surface area contributed by atoms with Crippen LogP contribution in [-0.4, -0.2) is 54.5 Å². The van der Waals surface area contributed by atoms with Crippen molar-refractivity contribution in [2.45, 2.75) is 13.8 Å². The number of nitrogens with one attached hydrogen (secondary N) is 1. The molecule has 0 aliphatic carbocycles. The zero-order chi connectivity index (χ0) is 48.8. The Balaban J connectivity index is 0.000000202. The first kappa shape index (κ1) is 49.3. The van der Waals surface area contributed by atoms with Crippen molar-refractivity contribution in [2.24, 2.45) is 0 Å². The number of hydrogen-bond donors (Lipinski definition) is 2. The van der Waals surface area contributed by atoms with Gasteiger partial charge in [-0.15, -0.1) is 0 Å². The van der Waals surface area contributed by atoms with E-state index in [9.17, 15) is 44.0 Å². The Morgan fingerprint density at radius 2 is 0.985 bits per heavy atom. The molecule has 8 rings (SSSR count). The summed E-state index contributed by atoms with van der Waals surface area (Å²) in [6.07, 6.45) is 1.90. The number of rotatable bonds is 10. The molecular weight excluding hydrogens is 940 g/mol. The first-order valence-electron chi connectivity index (χ1n) is 19.9. The van der Waals surface area contributed by atoms with Gasteiger partial charge in [0.1, 0.15) is 57.1 Å². The molecular formula is C48H39ClF4N2O10S2. The van der Waals surface area contributed by atoms with Crippen molar-refractivity contribution in [3.63, 3.8) is 0 Å². The van der Waals surface area contributed by atoms with E-state index in [1.165, 1.54) is 84.9 Å². The van der Waals surface area contributed by atoms with Gasteiger partial charge in [-0.1, -0.05) is 36.4 Å². The third-order valence-electron chi connectivity index (χ3n) is 9.48. The third kappa shape index (κ3) is 12.0.